The number of sulfonamides is 1. The fourth-order valence-electron chi connectivity index (χ4n) is 2.58. The standard InChI is InChI=1S/C18H13N3O3S/c19-25(22,23)15-9-7-14(8-10-15)21-17(18-6-3-11-24-18)12-16(20-21)13-4-1-2-5-13/h1-4,6-12H,(H2,19,22,23). The van der Waals surface area contributed by atoms with Gasteiger partial charge in [0.1, 0.15) is 11.4 Å². The third kappa shape index (κ3) is 2.88. The minimum Gasteiger partial charge on any atom is -0.463 e. The van der Waals surface area contributed by atoms with Crippen LogP contribution in [0.2, 0.25) is 0 Å². The van der Waals surface area contributed by atoms with Gasteiger partial charge in [0.15, 0.2) is 5.76 Å². The maximum Gasteiger partial charge on any atom is 0.238 e. The first-order chi connectivity index (χ1) is 12.0. The average Bonchev–Trinajstić information content (AvgIpc) is 3.33. The number of furan rings is 1. The Balaban J connectivity index is 1.85. The van der Waals surface area contributed by atoms with E-state index in [0.717, 1.165) is 17.0 Å². The normalized spacial score (nSPS) is 13.4. The fourth-order valence-corrected chi connectivity index (χ4v) is 3.09. The summed E-state index contributed by atoms with van der Waals surface area (Å²) in [6, 6.07) is 11.7. The molecule has 0 aliphatic heterocycles. The summed E-state index contributed by atoms with van der Waals surface area (Å²) in [6.07, 6.45) is 7.22. The molecular weight excluding hydrogens is 338 g/mol. The largest absolute Gasteiger partial charge is 0.463 e. The van der Waals surface area contributed by atoms with Crippen LogP contribution in [0.5, 0.6) is 0 Å². The van der Waals surface area contributed by atoms with Crippen molar-refractivity contribution in [3.8, 4) is 17.1 Å². The van der Waals surface area contributed by atoms with Crippen molar-refractivity contribution in [1.82, 2.24) is 9.78 Å². The predicted molar refractivity (Wildman–Crippen MR) is 93.3 cm³/mol. The van der Waals surface area contributed by atoms with Crippen molar-refractivity contribution in [3.05, 3.63) is 78.4 Å². The predicted octanol–water partition coefficient (Wildman–Crippen LogP) is 2.89. The Morgan fingerprint density at radius 2 is 1.96 bits per heavy atom. The number of hydrogen-bond acceptors (Lipinski definition) is 4. The summed E-state index contributed by atoms with van der Waals surface area (Å²) >= 11 is 0. The lowest BCUT2D eigenvalue weighted by Crippen LogP contribution is -2.12. The summed E-state index contributed by atoms with van der Waals surface area (Å²) in [6.45, 7) is 0. The minimum atomic E-state index is -3.74. The SMILES string of the molecule is NS(=O)(=O)c1ccc(-n2nc(C3=C=CC=C3)cc2-c2ccco2)cc1. The highest BCUT2D eigenvalue weighted by Crippen LogP contribution is 2.28. The van der Waals surface area contributed by atoms with E-state index in [1.807, 2.05) is 30.4 Å². The van der Waals surface area contributed by atoms with E-state index in [-0.39, 0.29) is 4.90 Å². The molecule has 0 bridgehead atoms. The Morgan fingerprint density at radius 3 is 2.56 bits per heavy atom. The first-order valence-corrected chi connectivity index (χ1v) is 8.98. The highest BCUT2D eigenvalue weighted by molar-refractivity contribution is 7.89. The van der Waals surface area contributed by atoms with Crippen LogP contribution in [0, 0.1) is 0 Å². The van der Waals surface area contributed by atoms with Gasteiger partial charge in [-0.3, -0.25) is 0 Å². The van der Waals surface area contributed by atoms with E-state index in [9.17, 15) is 8.42 Å². The molecule has 2 heterocycles. The van der Waals surface area contributed by atoms with Crippen LogP contribution in [0.1, 0.15) is 5.69 Å². The molecule has 0 amide bonds. The number of allylic oxidation sites excluding steroid dienone is 3. The van der Waals surface area contributed by atoms with Crippen LogP contribution in [0.15, 0.2) is 82.0 Å². The van der Waals surface area contributed by atoms with Crippen molar-refractivity contribution in [1.29, 1.82) is 0 Å². The van der Waals surface area contributed by atoms with Gasteiger partial charge in [0.2, 0.25) is 10.0 Å². The number of hydrogen-bond donors (Lipinski definition) is 1. The van der Waals surface area contributed by atoms with E-state index in [0.29, 0.717) is 11.4 Å². The Labute approximate surface area is 144 Å². The second kappa shape index (κ2) is 5.75. The van der Waals surface area contributed by atoms with Crippen LogP contribution >= 0.6 is 0 Å². The highest BCUT2D eigenvalue weighted by Gasteiger charge is 2.16. The van der Waals surface area contributed by atoms with Gasteiger partial charge in [-0.2, -0.15) is 5.10 Å². The molecule has 4 rings (SSSR count). The van der Waals surface area contributed by atoms with Gasteiger partial charge in [0.05, 0.1) is 16.8 Å². The number of primary sulfonamides is 1. The summed E-state index contributed by atoms with van der Waals surface area (Å²) in [4.78, 5) is 0.0487. The van der Waals surface area contributed by atoms with Crippen molar-refractivity contribution in [2.45, 2.75) is 4.90 Å². The van der Waals surface area contributed by atoms with Crippen LogP contribution in [0.3, 0.4) is 0 Å². The molecule has 1 aliphatic rings. The third-order valence-electron chi connectivity index (χ3n) is 3.77. The molecule has 0 atom stereocenters. The first-order valence-electron chi connectivity index (χ1n) is 7.43. The Hall–Kier alpha value is -3.12. The van der Waals surface area contributed by atoms with Gasteiger partial charge in [-0.25, -0.2) is 18.2 Å². The maximum atomic E-state index is 11.4. The highest BCUT2D eigenvalue weighted by atomic mass is 32.2. The van der Waals surface area contributed by atoms with E-state index < -0.39 is 10.0 Å². The summed E-state index contributed by atoms with van der Waals surface area (Å²) in [5, 5.41) is 9.77. The van der Waals surface area contributed by atoms with Crippen LogP contribution in [-0.4, -0.2) is 18.2 Å². The summed E-state index contributed by atoms with van der Waals surface area (Å²) in [5.41, 5.74) is 6.17. The molecule has 2 N–H and O–H groups in total. The molecular formula is C18H13N3O3S. The smallest absolute Gasteiger partial charge is 0.238 e. The molecule has 0 fully saturated rings. The molecule has 6 nitrogen and oxygen atoms in total. The molecule has 1 aromatic carbocycles. The molecule has 25 heavy (non-hydrogen) atoms. The molecule has 1 aliphatic carbocycles. The number of rotatable bonds is 4. The number of benzene rings is 1. The second-order valence-electron chi connectivity index (χ2n) is 5.43. The third-order valence-corrected chi connectivity index (χ3v) is 4.70. The lowest BCUT2D eigenvalue weighted by molar-refractivity contribution is 0.576. The summed E-state index contributed by atoms with van der Waals surface area (Å²) < 4.78 is 30.1. The second-order valence-corrected chi connectivity index (χ2v) is 6.99. The average molecular weight is 351 g/mol. The number of nitrogens with zero attached hydrogens (tertiary/aromatic N) is 2. The van der Waals surface area contributed by atoms with E-state index in [1.165, 1.54) is 12.1 Å². The molecule has 0 radical (unpaired) electrons. The van der Waals surface area contributed by atoms with E-state index in [4.69, 9.17) is 9.56 Å². The monoisotopic (exact) mass is 351 g/mol. The topological polar surface area (TPSA) is 91.1 Å². The molecule has 2 aromatic heterocycles. The van der Waals surface area contributed by atoms with Gasteiger partial charge in [0.25, 0.3) is 0 Å². The van der Waals surface area contributed by atoms with Gasteiger partial charge in [0, 0.05) is 5.57 Å². The molecule has 0 saturated heterocycles. The van der Waals surface area contributed by atoms with E-state index in [2.05, 4.69) is 10.8 Å². The number of aromatic nitrogens is 2. The molecule has 0 unspecified atom stereocenters. The Kier molecular flexibility index (Phi) is 3.54. The molecule has 0 saturated carbocycles. The summed E-state index contributed by atoms with van der Waals surface area (Å²) in [5.74, 6) is 0.654. The zero-order valence-electron chi connectivity index (χ0n) is 13.0. The molecule has 7 heteroatoms. The lowest BCUT2D eigenvalue weighted by Gasteiger charge is -2.06. The maximum absolute atomic E-state index is 11.4. The Bertz CT molecular complexity index is 1130. The zero-order valence-corrected chi connectivity index (χ0v) is 13.8. The van der Waals surface area contributed by atoms with Gasteiger partial charge in [-0.15, -0.1) is 5.73 Å². The van der Waals surface area contributed by atoms with Crippen LogP contribution < -0.4 is 5.14 Å². The van der Waals surface area contributed by atoms with Crippen LogP contribution in [0.25, 0.3) is 22.7 Å². The molecule has 0 spiro atoms. The lowest BCUT2D eigenvalue weighted by atomic mass is 10.2. The molecule has 124 valence electrons. The molecule has 3 aromatic rings. The van der Waals surface area contributed by atoms with Crippen molar-refractivity contribution in [2.75, 3.05) is 0 Å². The minimum absolute atomic E-state index is 0.0487. The van der Waals surface area contributed by atoms with Crippen molar-refractivity contribution in [3.63, 3.8) is 0 Å². The fraction of sp³-hybridized carbons (Fsp3) is 0. The van der Waals surface area contributed by atoms with Crippen molar-refractivity contribution < 1.29 is 12.8 Å². The van der Waals surface area contributed by atoms with Gasteiger partial charge >= 0.3 is 0 Å². The Morgan fingerprint density at radius 1 is 1.16 bits per heavy atom. The van der Waals surface area contributed by atoms with E-state index in [1.54, 1.807) is 29.1 Å². The number of nitrogens with two attached hydrogens (primary N) is 1. The van der Waals surface area contributed by atoms with Crippen molar-refractivity contribution >= 4 is 15.6 Å². The van der Waals surface area contributed by atoms with Crippen molar-refractivity contribution in [2.24, 2.45) is 5.14 Å². The van der Waals surface area contributed by atoms with Gasteiger partial charge in [-0.1, -0.05) is 6.08 Å². The first kappa shape index (κ1) is 15.4. The zero-order chi connectivity index (χ0) is 17.4. The van der Waals surface area contributed by atoms with Crippen LogP contribution in [-0.2, 0) is 10.0 Å². The summed E-state index contributed by atoms with van der Waals surface area (Å²) in [7, 11) is -3.74. The quantitative estimate of drug-likeness (QED) is 0.732. The van der Waals surface area contributed by atoms with Crippen LogP contribution in [0.4, 0.5) is 0 Å². The van der Waals surface area contributed by atoms with Gasteiger partial charge in [-0.05, 0) is 54.6 Å². The van der Waals surface area contributed by atoms with E-state index >= 15 is 0 Å². The van der Waals surface area contributed by atoms with Gasteiger partial charge < -0.3 is 4.42 Å².